The summed E-state index contributed by atoms with van der Waals surface area (Å²) in [6, 6.07) is 0. The number of carbonyl (C=O) groups excluding carboxylic acids is 1. The van der Waals surface area contributed by atoms with E-state index in [-0.39, 0.29) is 17.6 Å². The van der Waals surface area contributed by atoms with Gasteiger partial charge in [-0.3, -0.25) is 4.79 Å². The summed E-state index contributed by atoms with van der Waals surface area (Å²) >= 11 is 0. The Kier molecular flexibility index (Phi) is 12.8. The second-order valence-electron chi connectivity index (χ2n) is 8.07. The molecule has 0 amide bonds. The first kappa shape index (κ1) is 24.3. The zero-order valence-electron chi connectivity index (χ0n) is 16.9. The van der Waals surface area contributed by atoms with Gasteiger partial charge < -0.3 is 20.4 Å². The summed E-state index contributed by atoms with van der Waals surface area (Å²) in [6.45, 7) is 2.17. The molecule has 158 valence electrons. The molecule has 5 nitrogen and oxygen atoms in total. The van der Waals surface area contributed by atoms with Crippen molar-refractivity contribution in [2.24, 2.45) is 11.8 Å². The van der Waals surface area contributed by atoms with E-state index in [0.717, 1.165) is 44.9 Å². The normalized spacial score (nSPS) is 25.7. The van der Waals surface area contributed by atoms with Gasteiger partial charge in [-0.15, -0.1) is 0 Å². The molecular formula is C22H40O5. The number of rotatable bonds is 15. The number of allylic oxidation sites excluding steroid dienone is 1. The number of aliphatic hydroxyl groups excluding tert-OH is 3. The van der Waals surface area contributed by atoms with E-state index in [1.165, 1.54) is 19.3 Å². The van der Waals surface area contributed by atoms with Crippen LogP contribution in [0.4, 0.5) is 0 Å². The van der Waals surface area contributed by atoms with Crippen molar-refractivity contribution in [2.45, 2.75) is 109 Å². The number of hydrogen-bond donors (Lipinski definition) is 4. The van der Waals surface area contributed by atoms with Crippen LogP contribution in [-0.2, 0) is 4.79 Å². The van der Waals surface area contributed by atoms with E-state index in [9.17, 15) is 15.0 Å². The molecule has 1 fully saturated rings. The SMILES string of the molecule is CCCCCCCC(=O)C=CC1C(O)CC(O)C1CCCCCCC(O)O. The van der Waals surface area contributed by atoms with Gasteiger partial charge >= 0.3 is 0 Å². The molecule has 4 atom stereocenters. The Morgan fingerprint density at radius 2 is 1.63 bits per heavy atom. The third kappa shape index (κ3) is 10.4. The second-order valence-corrected chi connectivity index (χ2v) is 8.07. The van der Waals surface area contributed by atoms with E-state index < -0.39 is 18.5 Å². The van der Waals surface area contributed by atoms with Gasteiger partial charge in [0.1, 0.15) is 0 Å². The summed E-state index contributed by atoms with van der Waals surface area (Å²) in [5.41, 5.74) is 0. The van der Waals surface area contributed by atoms with Gasteiger partial charge in [0, 0.05) is 18.8 Å². The highest BCUT2D eigenvalue weighted by atomic mass is 16.5. The molecule has 0 aromatic rings. The van der Waals surface area contributed by atoms with Crippen LogP contribution in [0.15, 0.2) is 12.2 Å². The maximum absolute atomic E-state index is 12.0. The van der Waals surface area contributed by atoms with E-state index >= 15 is 0 Å². The average molecular weight is 385 g/mol. The van der Waals surface area contributed by atoms with Crippen molar-refractivity contribution in [1.29, 1.82) is 0 Å². The molecule has 0 saturated heterocycles. The van der Waals surface area contributed by atoms with Crippen LogP contribution in [0.2, 0.25) is 0 Å². The molecule has 5 heteroatoms. The molecule has 1 aliphatic carbocycles. The minimum Gasteiger partial charge on any atom is -0.393 e. The Morgan fingerprint density at radius 1 is 0.963 bits per heavy atom. The van der Waals surface area contributed by atoms with Crippen molar-refractivity contribution in [1.82, 2.24) is 0 Å². The molecule has 4 N–H and O–H groups in total. The molecule has 1 aliphatic rings. The monoisotopic (exact) mass is 384 g/mol. The fourth-order valence-corrected chi connectivity index (χ4v) is 4.04. The van der Waals surface area contributed by atoms with Crippen molar-refractivity contribution in [3.8, 4) is 0 Å². The lowest BCUT2D eigenvalue weighted by atomic mass is 9.88. The second kappa shape index (κ2) is 14.3. The molecule has 1 rings (SSSR count). The van der Waals surface area contributed by atoms with Gasteiger partial charge in [0.25, 0.3) is 0 Å². The number of aliphatic hydroxyl groups is 4. The van der Waals surface area contributed by atoms with E-state index in [0.29, 0.717) is 19.3 Å². The van der Waals surface area contributed by atoms with Gasteiger partial charge in [0.15, 0.2) is 12.1 Å². The average Bonchev–Trinajstić information content (AvgIpc) is 2.88. The van der Waals surface area contributed by atoms with Gasteiger partial charge in [-0.05, 0) is 37.7 Å². The van der Waals surface area contributed by atoms with Crippen LogP contribution in [0.3, 0.4) is 0 Å². The topological polar surface area (TPSA) is 98.0 Å². The van der Waals surface area contributed by atoms with Crippen molar-refractivity contribution in [3.63, 3.8) is 0 Å². The van der Waals surface area contributed by atoms with Gasteiger partial charge in [-0.1, -0.05) is 57.9 Å². The maximum Gasteiger partial charge on any atom is 0.155 e. The standard InChI is InChI=1S/C22H40O5/c1-2-3-4-5-8-11-17(23)14-15-19-18(20(24)16-21(19)25)12-9-6-7-10-13-22(26)27/h14-15,18-22,24-27H,2-13,16H2,1H3. The Morgan fingerprint density at radius 3 is 2.33 bits per heavy atom. The van der Waals surface area contributed by atoms with E-state index in [1.54, 1.807) is 6.08 Å². The third-order valence-corrected chi connectivity index (χ3v) is 5.70. The molecule has 0 heterocycles. The number of carbonyl (C=O) groups is 1. The molecule has 0 radical (unpaired) electrons. The van der Waals surface area contributed by atoms with Crippen molar-refractivity contribution >= 4 is 5.78 Å². The van der Waals surface area contributed by atoms with Crippen LogP contribution in [0.1, 0.15) is 90.4 Å². The molecule has 0 aromatic heterocycles. The molecule has 0 aliphatic heterocycles. The lowest BCUT2D eigenvalue weighted by Gasteiger charge is -2.20. The summed E-state index contributed by atoms with van der Waals surface area (Å²) in [5.74, 6) is -0.0401. The van der Waals surface area contributed by atoms with Gasteiger partial charge in [-0.2, -0.15) is 0 Å². The predicted octanol–water partition coefficient (Wildman–Crippen LogP) is 3.48. The summed E-state index contributed by atoms with van der Waals surface area (Å²) in [5, 5.41) is 38.2. The first-order valence-electron chi connectivity index (χ1n) is 10.9. The van der Waals surface area contributed by atoms with Gasteiger partial charge in [-0.25, -0.2) is 0 Å². The van der Waals surface area contributed by atoms with Crippen LogP contribution < -0.4 is 0 Å². The summed E-state index contributed by atoms with van der Waals surface area (Å²) in [6.07, 6.45) is 12.5. The fourth-order valence-electron chi connectivity index (χ4n) is 4.04. The summed E-state index contributed by atoms with van der Waals surface area (Å²) < 4.78 is 0. The van der Waals surface area contributed by atoms with Crippen molar-refractivity contribution in [3.05, 3.63) is 12.2 Å². The van der Waals surface area contributed by atoms with E-state index in [4.69, 9.17) is 10.2 Å². The largest absolute Gasteiger partial charge is 0.393 e. The van der Waals surface area contributed by atoms with Gasteiger partial charge in [0.2, 0.25) is 0 Å². The van der Waals surface area contributed by atoms with Crippen LogP contribution >= 0.6 is 0 Å². The first-order chi connectivity index (χ1) is 13.0. The Bertz CT molecular complexity index is 421. The third-order valence-electron chi connectivity index (χ3n) is 5.70. The van der Waals surface area contributed by atoms with Crippen molar-refractivity contribution < 1.29 is 25.2 Å². The highest BCUT2D eigenvalue weighted by Crippen LogP contribution is 2.37. The molecule has 0 spiro atoms. The summed E-state index contributed by atoms with van der Waals surface area (Å²) in [4.78, 5) is 12.0. The molecule has 27 heavy (non-hydrogen) atoms. The molecule has 0 bridgehead atoms. The minimum atomic E-state index is -1.23. The van der Waals surface area contributed by atoms with Crippen molar-refractivity contribution in [2.75, 3.05) is 0 Å². The maximum atomic E-state index is 12.0. The lowest BCUT2D eigenvalue weighted by molar-refractivity contribution is -0.114. The molecule has 1 saturated carbocycles. The number of hydrogen-bond acceptors (Lipinski definition) is 5. The Balaban J connectivity index is 2.33. The Hall–Kier alpha value is -0.750. The summed E-state index contributed by atoms with van der Waals surface area (Å²) in [7, 11) is 0. The molecular weight excluding hydrogens is 344 g/mol. The number of ketones is 1. The zero-order valence-corrected chi connectivity index (χ0v) is 16.9. The van der Waals surface area contributed by atoms with E-state index in [1.807, 2.05) is 6.08 Å². The lowest BCUT2D eigenvalue weighted by Crippen LogP contribution is -2.20. The van der Waals surface area contributed by atoms with Crippen LogP contribution in [0.25, 0.3) is 0 Å². The van der Waals surface area contributed by atoms with Gasteiger partial charge in [0.05, 0.1) is 12.2 Å². The fraction of sp³-hybridized carbons (Fsp3) is 0.864. The number of unbranched alkanes of at least 4 members (excludes halogenated alkanes) is 7. The quantitative estimate of drug-likeness (QED) is 0.197. The highest BCUT2D eigenvalue weighted by Gasteiger charge is 2.39. The van der Waals surface area contributed by atoms with Crippen LogP contribution in [0, 0.1) is 11.8 Å². The first-order valence-corrected chi connectivity index (χ1v) is 10.9. The Labute approximate surface area is 164 Å². The zero-order chi connectivity index (χ0) is 20.1. The van der Waals surface area contributed by atoms with E-state index in [2.05, 4.69) is 6.92 Å². The predicted molar refractivity (Wildman–Crippen MR) is 107 cm³/mol. The molecule has 0 aromatic carbocycles. The van der Waals surface area contributed by atoms with Crippen LogP contribution in [0.5, 0.6) is 0 Å². The minimum absolute atomic E-state index is 0.00274. The highest BCUT2D eigenvalue weighted by molar-refractivity contribution is 5.89. The molecule has 4 unspecified atom stereocenters. The van der Waals surface area contributed by atoms with Crippen LogP contribution in [-0.4, -0.2) is 44.7 Å². The smallest absolute Gasteiger partial charge is 0.155 e.